The summed E-state index contributed by atoms with van der Waals surface area (Å²) in [6.45, 7) is 4.59. The molecule has 0 aliphatic heterocycles. The summed E-state index contributed by atoms with van der Waals surface area (Å²) in [4.78, 5) is 36.0. The van der Waals surface area contributed by atoms with Crippen molar-refractivity contribution in [3.63, 3.8) is 0 Å². The molecule has 3 N–H and O–H groups in total. The first kappa shape index (κ1) is 25.3. The van der Waals surface area contributed by atoms with E-state index in [0.717, 1.165) is 17.5 Å². The zero-order valence-corrected chi connectivity index (χ0v) is 19.9. The van der Waals surface area contributed by atoms with Crippen LogP contribution >= 0.6 is 0 Å². The smallest absolute Gasteiger partial charge is 0.407 e. The highest BCUT2D eigenvalue weighted by Gasteiger charge is 2.29. The second-order valence-electron chi connectivity index (χ2n) is 8.81. The van der Waals surface area contributed by atoms with E-state index in [1.165, 1.54) is 11.1 Å². The summed E-state index contributed by atoms with van der Waals surface area (Å²) in [7, 11) is 0. The SMILES string of the molecule is CCCC(CNC(=O)OCC1c2ccccc2-c2ccccc21)C(=O)NCC(CC)CC(=O)O. The molecule has 2 atom stereocenters. The van der Waals surface area contributed by atoms with Crippen molar-refractivity contribution in [2.45, 2.75) is 45.4 Å². The Hall–Kier alpha value is -3.35. The number of nitrogens with one attached hydrogen (secondary N) is 2. The second-order valence-corrected chi connectivity index (χ2v) is 8.81. The molecule has 7 nitrogen and oxygen atoms in total. The van der Waals surface area contributed by atoms with E-state index < -0.39 is 18.0 Å². The minimum atomic E-state index is -0.872. The summed E-state index contributed by atoms with van der Waals surface area (Å²) in [5, 5.41) is 14.6. The molecule has 2 unspecified atom stereocenters. The lowest BCUT2D eigenvalue weighted by Crippen LogP contribution is -2.41. The Morgan fingerprint density at radius 2 is 1.56 bits per heavy atom. The Morgan fingerprint density at radius 1 is 0.941 bits per heavy atom. The van der Waals surface area contributed by atoms with Crippen LogP contribution in [-0.2, 0) is 14.3 Å². The molecule has 34 heavy (non-hydrogen) atoms. The normalized spacial score (nSPS) is 13.9. The van der Waals surface area contributed by atoms with E-state index >= 15 is 0 Å². The zero-order chi connectivity index (χ0) is 24.5. The van der Waals surface area contributed by atoms with Gasteiger partial charge < -0.3 is 20.5 Å². The van der Waals surface area contributed by atoms with Crippen LogP contribution in [0.1, 0.15) is 56.6 Å². The molecule has 3 rings (SSSR count). The van der Waals surface area contributed by atoms with Crippen LogP contribution in [0.15, 0.2) is 48.5 Å². The van der Waals surface area contributed by atoms with Gasteiger partial charge in [0.2, 0.25) is 5.91 Å². The van der Waals surface area contributed by atoms with Crippen LogP contribution in [0.5, 0.6) is 0 Å². The van der Waals surface area contributed by atoms with Crippen LogP contribution < -0.4 is 10.6 Å². The highest BCUT2D eigenvalue weighted by atomic mass is 16.5. The number of rotatable bonds is 12. The molecular formula is C27H34N2O5. The van der Waals surface area contributed by atoms with Gasteiger partial charge in [0.05, 0.1) is 5.92 Å². The van der Waals surface area contributed by atoms with Gasteiger partial charge in [0.25, 0.3) is 0 Å². The predicted octanol–water partition coefficient (Wildman–Crippen LogP) is 4.56. The lowest BCUT2D eigenvalue weighted by molar-refractivity contribution is -0.138. The first-order chi connectivity index (χ1) is 16.4. The van der Waals surface area contributed by atoms with Crippen LogP contribution in [0.3, 0.4) is 0 Å². The Balaban J connectivity index is 1.52. The molecule has 0 aromatic heterocycles. The first-order valence-corrected chi connectivity index (χ1v) is 12.0. The van der Waals surface area contributed by atoms with Crippen LogP contribution in [0.2, 0.25) is 0 Å². The highest BCUT2D eigenvalue weighted by molar-refractivity contribution is 5.80. The van der Waals surface area contributed by atoms with E-state index in [4.69, 9.17) is 9.84 Å². The van der Waals surface area contributed by atoms with Gasteiger partial charge in [-0.3, -0.25) is 9.59 Å². The van der Waals surface area contributed by atoms with Crippen LogP contribution in [-0.4, -0.2) is 42.8 Å². The number of hydrogen-bond donors (Lipinski definition) is 3. The standard InChI is InChI=1S/C27H34N2O5/c1-3-9-19(26(32)28-15-18(4-2)14-25(30)31)16-29-27(33)34-17-24-22-12-7-5-10-20(22)21-11-6-8-13-23(21)24/h5-8,10-13,18-19,24H,3-4,9,14-17H2,1-2H3,(H,28,32)(H,29,33)(H,30,31). The molecule has 0 spiro atoms. The number of carbonyl (C=O) groups is 3. The van der Waals surface area contributed by atoms with Gasteiger partial charge in [0.15, 0.2) is 0 Å². The van der Waals surface area contributed by atoms with Gasteiger partial charge in [-0.15, -0.1) is 0 Å². The molecule has 0 radical (unpaired) electrons. The van der Waals surface area contributed by atoms with Gasteiger partial charge in [0, 0.05) is 25.4 Å². The summed E-state index contributed by atoms with van der Waals surface area (Å²) in [6, 6.07) is 16.3. The van der Waals surface area contributed by atoms with Gasteiger partial charge in [0.1, 0.15) is 6.61 Å². The number of fused-ring (bicyclic) bond motifs is 3. The van der Waals surface area contributed by atoms with Gasteiger partial charge in [-0.05, 0) is 34.6 Å². The van der Waals surface area contributed by atoms with E-state index in [1.807, 2.05) is 38.1 Å². The summed E-state index contributed by atoms with van der Waals surface area (Å²) in [6.07, 6.45) is 1.55. The van der Waals surface area contributed by atoms with Crippen molar-refractivity contribution in [2.75, 3.05) is 19.7 Å². The summed E-state index contributed by atoms with van der Waals surface area (Å²) < 4.78 is 5.56. The molecule has 2 amide bonds. The third-order valence-corrected chi connectivity index (χ3v) is 6.45. The van der Waals surface area contributed by atoms with E-state index in [0.29, 0.717) is 19.4 Å². The van der Waals surface area contributed by atoms with Crippen molar-refractivity contribution in [3.8, 4) is 11.1 Å². The molecular weight excluding hydrogens is 432 g/mol. The quantitative estimate of drug-likeness (QED) is 0.425. The third kappa shape index (κ3) is 6.37. The van der Waals surface area contributed by atoms with Crippen molar-refractivity contribution < 1.29 is 24.2 Å². The van der Waals surface area contributed by atoms with Gasteiger partial charge >= 0.3 is 12.1 Å². The van der Waals surface area contributed by atoms with E-state index in [2.05, 4.69) is 34.9 Å². The minimum absolute atomic E-state index is 0.0203. The lowest BCUT2D eigenvalue weighted by Gasteiger charge is -2.20. The maximum Gasteiger partial charge on any atom is 0.407 e. The minimum Gasteiger partial charge on any atom is -0.481 e. The Kier molecular flexibility index (Phi) is 9.08. The number of carboxylic acids is 1. The fraction of sp³-hybridized carbons (Fsp3) is 0.444. The number of ether oxygens (including phenoxy) is 1. The molecule has 0 saturated carbocycles. The number of benzene rings is 2. The van der Waals surface area contributed by atoms with Gasteiger partial charge in [-0.2, -0.15) is 0 Å². The zero-order valence-electron chi connectivity index (χ0n) is 19.9. The molecule has 0 fully saturated rings. The van der Waals surface area contributed by atoms with E-state index in [9.17, 15) is 14.4 Å². The maximum absolute atomic E-state index is 12.6. The molecule has 0 heterocycles. The van der Waals surface area contributed by atoms with Crippen LogP contribution in [0.25, 0.3) is 11.1 Å². The van der Waals surface area contributed by atoms with E-state index in [-0.39, 0.29) is 37.3 Å². The number of hydrogen-bond acceptors (Lipinski definition) is 4. The van der Waals surface area contributed by atoms with Crippen molar-refractivity contribution in [1.29, 1.82) is 0 Å². The van der Waals surface area contributed by atoms with Crippen LogP contribution in [0.4, 0.5) is 4.79 Å². The van der Waals surface area contributed by atoms with Crippen molar-refractivity contribution >= 4 is 18.0 Å². The number of amides is 2. The molecule has 2 aromatic carbocycles. The van der Waals surface area contributed by atoms with Crippen LogP contribution in [0, 0.1) is 11.8 Å². The van der Waals surface area contributed by atoms with Gasteiger partial charge in [-0.1, -0.05) is 75.2 Å². The fourth-order valence-electron chi connectivity index (χ4n) is 4.53. The van der Waals surface area contributed by atoms with Crippen molar-refractivity contribution in [1.82, 2.24) is 10.6 Å². The van der Waals surface area contributed by atoms with Crippen molar-refractivity contribution in [2.24, 2.45) is 11.8 Å². The fourth-order valence-corrected chi connectivity index (χ4v) is 4.53. The second kappa shape index (κ2) is 12.2. The summed E-state index contributed by atoms with van der Waals surface area (Å²) in [5.41, 5.74) is 4.62. The number of aliphatic carboxylic acids is 1. The number of carboxylic acid groups (broad SMARTS) is 1. The number of alkyl carbamates (subject to hydrolysis) is 1. The molecule has 2 aromatic rings. The lowest BCUT2D eigenvalue weighted by atomic mass is 9.98. The average Bonchev–Trinajstić information content (AvgIpc) is 3.16. The topological polar surface area (TPSA) is 105 Å². The molecule has 0 saturated heterocycles. The average molecular weight is 467 g/mol. The Morgan fingerprint density at radius 3 is 2.12 bits per heavy atom. The van der Waals surface area contributed by atoms with Crippen molar-refractivity contribution in [3.05, 3.63) is 59.7 Å². The number of carbonyl (C=O) groups excluding carboxylic acids is 2. The summed E-state index contributed by atoms with van der Waals surface area (Å²) >= 11 is 0. The Labute approximate surface area is 200 Å². The molecule has 1 aliphatic rings. The monoisotopic (exact) mass is 466 g/mol. The molecule has 1 aliphatic carbocycles. The maximum atomic E-state index is 12.6. The van der Waals surface area contributed by atoms with E-state index in [1.54, 1.807) is 0 Å². The predicted molar refractivity (Wildman–Crippen MR) is 131 cm³/mol. The van der Waals surface area contributed by atoms with Gasteiger partial charge in [-0.25, -0.2) is 4.79 Å². The largest absolute Gasteiger partial charge is 0.481 e. The molecule has 182 valence electrons. The highest BCUT2D eigenvalue weighted by Crippen LogP contribution is 2.44. The summed E-state index contributed by atoms with van der Waals surface area (Å²) in [5.74, 6) is -1.58. The first-order valence-electron chi connectivity index (χ1n) is 12.0. The molecule has 0 bridgehead atoms. The Bertz CT molecular complexity index is 961. The third-order valence-electron chi connectivity index (χ3n) is 6.45. The molecule has 7 heteroatoms.